The smallest absolute Gasteiger partial charge is 0.291 e. The van der Waals surface area contributed by atoms with Gasteiger partial charge in [0.25, 0.3) is 5.91 Å². The maximum absolute atomic E-state index is 12.6. The van der Waals surface area contributed by atoms with Gasteiger partial charge in [0.2, 0.25) is 12.6 Å². The molecule has 4 rings (SSSR count). The van der Waals surface area contributed by atoms with Crippen LogP contribution in [0.15, 0.2) is 22.6 Å². The molecule has 1 fully saturated rings. The SMILES string of the molecule is Cc1nc(C)c(C(=O)N2CC[C@@H](c3ccc4c(c3)OCO4)[C@H](O)C2)o1. The molecule has 2 aliphatic heterocycles. The molecule has 7 nitrogen and oxygen atoms in total. The number of aliphatic hydroxyl groups excluding tert-OH is 1. The lowest BCUT2D eigenvalue weighted by molar-refractivity contribution is 0.0358. The number of hydrogen-bond donors (Lipinski definition) is 1. The number of carbonyl (C=O) groups is 1. The minimum Gasteiger partial charge on any atom is -0.454 e. The van der Waals surface area contributed by atoms with Crippen molar-refractivity contribution in [3.05, 3.63) is 41.1 Å². The number of hydrogen-bond acceptors (Lipinski definition) is 6. The molecule has 0 unspecified atom stereocenters. The van der Waals surface area contributed by atoms with Crippen LogP contribution in [0.5, 0.6) is 11.5 Å². The van der Waals surface area contributed by atoms with E-state index in [2.05, 4.69) is 4.98 Å². The molecule has 7 heteroatoms. The summed E-state index contributed by atoms with van der Waals surface area (Å²) in [6.07, 6.45) is 0.0148. The Morgan fingerprint density at radius 2 is 2.08 bits per heavy atom. The van der Waals surface area contributed by atoms with Gasteiger partial charge in [0.15, 0.2) is 17.4 Å². The van der Waals surface area contributed by atoms with Crippen LogP contribution in [-0.2, 0) is 0 Å². The molecular formula is C18H20N2O5. The number of amides is 1. The summed E-state index contributed by atoms with van der Waals surface area (Å²) < 4.78 is 16.1. The Labute approximate surface area is 145 Å². The Bertz CT molecular complexity index is 816. The van der Waals surface area contributed by atoms with Crippen LogP contribution in [-0.4, -0.2) is 46.9 Å². The molecule has 1 aromatic carbocycles. The van der Waals surface area contributed by atoms with E-state index in [9.17, 15) is 9.90 Å². The van der Waals surface area contributed by atoms with Gasteiger partial charge in [-0.05, 0) is 31.0 Å². The highest BCUT2D eigenvalue weighted by molar-refractivity contribution is 5.92. The number of aryl methyl sites for hydroxylation is 2. The molecule has 3 heterocycles. The first-order chi connectivity index (χ1) is 12.0. The zero-order valence-electron chi connectivity index (χ0n) is 14.2. The van der Waals surface area contributed by atoms with Crippen LogP contribution < -0.4 is 9.47 Å². The van der Waals surface area contributed by atoms with Crippen molar-refractivity contribution in [3.63, 3.8) is 0 Å². The summed E-state index contributed by atoms with van der Waals surface area (Å²) >= 11 is 0. The number of carbonyl (C=O) groups excluding carboxylic acids is 1. The molecular weight excluding hydrogens is 324 g/mol. The molecule has 2 aliphatic rings. The van der Waals surface area contributed by atoms with E-state index in [4.69, 9.17) is 13.9 Å². The third-order valence-electron chi connectivity index (χ3n) is 4.79. The number of benzene rings is 1. The van der Waals surface area contributed by atoms with Crippen molar-refractivity contribution >= 4 is 5.91 Å². The minimum atomic E-state index is -0.651. The molecule has 1 aromatic heterocycles. The summed E-state index contributed by atoms with van der Waals surface area (Å²) in [6.45, 7) is 4.50. The van der Waals surface area contributed by atoms with Crippen LogP contribution in [0, 0.1) is 13.8 Å². The van der Waals surface area contributed by atoms with E-state index in [1.807, 2.05) is 18.2 Å². The second kappa shape index (κ2) is 6.07. The van der Waals surface area contributed by atoms with Crippen LogP contribution in [0.4, 0.5) is 0 Å². The maximum Gasteiger partial charge on any atom is 0.291 e. The van der Waals surface area contributed by atoms with Crippen LogP contribution in [0.2, 0.25) is 0 Å². The second-order valence-electron chi connectivity index (χ2n) is 6.47. The van der Waals surface area contributed by atoms with Gasteiger partial charge in [0, 0.05) is 25.9 Å². The van der Waals surface area contributed by atoms with Crippen molar-refractivity contribution in [2.75, 3.05) is 19.9 Å². The number of piperidine rings is 1. The highest BCUT2D eigenvalue weighted by Crippen LogP contribution is 2.37. The Morgan fingerprint density at radius 3 is 2.80 bits per heavy atom. The third-order valence-corrected chi connectivity index (χ3v) is 4.79. The summed E-state index contributed by atoms with van der Waals surface area (Å²) in [5, 5.41) is 10.6. The van der Waals surface area contributed by atoms with Crippen LogP contribution >= 0.6 is 0 Å². The molecule has 1 saturated heterocycles. The first-order valence-corrected chi connectivity index (χ1v) is 8.34. The number of fused-ring (bicyclic) bond motifs is 1. The highest BCUT2D eigenvalue weighted by Gasteiger charge is 2.34. The summed E-state index contributed by atoms with van der Waals surface area (Å²) in [4.78, 5) is 18.4. The van der Waals surface area contributed by atoms with E-state index >= 15 is 0 Å². The number of aromatic nitrogens is 1. The van der Waals surface area contributed by atoms with E-state index in [1.165, 1.54) is 0 Å². The molecule has 132 valence electrons. The number of rotatable bonds is 2. The fraction of sp³-hybridized carbons (Fsp3) is 0.444. The lowest BCUT2D eigenvalue weighted by Crippen LogP contribution is -2.45. The molecule has 0 saturated carbocycles. The average molecular weight is 344 g/mol. The monoisotopic (exact) mass is 344 g/mol. The zero-order valence-corrected chi connectivity index (χ0v) is 14.2. The standard InChI is InChI=1S/C18H20N2O5/c1-10-17(25-11(2)19-10)18(22)20-6-5-13(14(21)8-20)12-3-4-15-16(7-12)24-9-23-15/h3-4,7,13-14,21H,5-6,8-9H2,1-2H3/t13-,14+/m0/s1. The largest absolute Gasteiger partial charge is 0.454 e. The molecule has 25 heavy (non-hydrogen) atoms. The normalized spacial score (nSPS) is 22.3. The molecule has 0 aliphatic carbocycles. The Morgan fingerprint density at radius 1 is 1.28 bits per heavy atom. The van der Waals surface area contributed by atoms with Gasteiger partial charge in [0.1, 0.15) is 0 Å². The molecule has 0 radical (unpaired) electrons. The number of oxazole rings is 1. The fourth-order valence-corrected chi connectivity index (χ4v) is 3.52. The van der Waals surface area contributed by atoms with Crippen molar-refractivity contribution in [2.24, 2.45) is 0 Å². The van der Waals surface area contributed by atoms with Gasteiger partial charge in [-0.25, -0.2) is 4.98 Å². The number of ether oxygens (including phenoxy) is 2. The maximum atomic E-state index is 12.6. The van der Waals surface area contributed by atoms with Gasteiger partial charge < -0.3 is 23.9 Å². The number of aliphatic hydroxyl groups is 1. The first kappa shape index (κ1) is 16.0. The topological polar surface area (TPSA) is 85.0 Å². The van der Waals surface area contributed by atoms with Crippen LogP contribution in [0.1, 0.15) is 40.0 Å². The van der Waals surface area contributed by atoms with E-state index in [0.29, 0.717) is 30.3 Å². The predicted octanol–water partition coefficient (Wildman–Crippen LogP) is 2.01. The second-order valence-corrected chi connectivity index (χ2v) is 6.47. The van der Waals surface area contributed by atoms with Gasteiger partial charge in [-0.2, -0.15) is 0 Å². The molecule has 2 aromatic rings. The van der Waals surface area contributed by atoms with Gasteiger partial charge >= 0.3 is 0 Å². The first-order valence-electron chi connectivity index (χ1n) is 8.34. The zero-order chi connectivity index (χ0) is 17.6. The molecule has 1 amide bonds. The van der Waals surface area contributed by atoms with Crippen molar-refractivity contribution in [3.8, 4) is 11.5 Å². The Hall–Kier alpha value is -2.54. The van der Waals surface area contributed by atoms with Crippen molar-refractivity contribution in [1.29, 1.82) is 0 Å². The number of β-amino-alcohol motifs (C(OH)–C–C–N with tert-alkyl or cyclic N) is 1. The van der Waals surface area contributed by atoms with Crippen LogP contribution in [0.3, 0.4) is 0 Å². The fourth-order valence-electron chi connectivity index (χ4n) is 3.52. The third kappa shape index (κ3) is 2.84. The van der Waals surface area contributed by atoms with E-state index in [-0.39, 0.29) is 30.9 Å². The lowest BCUT2D eigenvalue weighted by atomic mass is 9.87. The predicted molar refractivity (Wildman–Crippen MR) is 87.8 cm³/mol. The average Bonchev–Trinajstić information content (AvgIpc) is 3.19. The summed E-state index contributed by atoms with van der Waals surface area (Å²) in [6, 6.07) is 5.73. The van der Waals surface area contributed by atoms with E-state index in [0.717, 1.165) is 11.3 Å². The number of nitrogens with zero attached hydrogens (tertiary/aromatic N) is 2. The van der Waals surface area contributed by atoms with E-state index < -0.39 is 6.10 Å². The molecule has 1 N–H and O–H groups in total. The Kier molecular flexibility index (Phi) is 3.88. The van der Waals surface area contributed by atoms with Crippen LogP contribution in [0.25, 0.3) is 0 Å². The summed E-state index contributed by atoms with van der Waals surface area (Å²) in [5.74, 6) is 1.89. The van der Waals surface area contributed by atoms with Gasteiger partial charge in [-0.1, -0.05) is 6.07 Å². The summed E-state index contributed by atoms with van der Waals surface area (Å²) in [5.41, 5.74) is 1.57. The summed E-state index contributed by atoms with van der Waals surface area (Å²) in [7, 11) is 0. The molecule has 2 atom stereocenters. The molecule has 0 bridgehead atoms. The van der Waals surface area contributed by atoms with Crippen molar-refractivity contribution < 1.29 is 23.8 Å². The minimum absolute atomic E-state index is 0.0453. The van der Waals surface area contributed by atoms with Gasteiger partial charge in [-0.15, -0.1) is 0 Å². The highest BCUT2D eigenvalue weighted by atomic mass is 16.7. The van der Waals surface area contributed by atoms with Gasteiger partial charge in [-0.3, -0.25) is 4.79 Å². The quantitative estimate of drug-likeness (QED) is 0.897. The Balaban J connectivity index is 1.49. The molecule has 0 spiro atoms. The number of likely N-dealkylation sites (tertiary alicyclic amines) is 1. The van der Waals surface area contributed by atoms with E-state index in [1.54, 1.807) is 18.7 Å². The van der Waals surface area contributed by atoms with Crippen molar-refractivity contribution in [2.45, 2.75) is 32.3 Å². The van der Waals surface area contributed by atoms with Crippen molar-refractivity contribution in [1.82, 2.24) is 9.88 Å². The van der Waals surface area contributed by atoms with Gasteiger partial charge in [0.05, 0.1) is 11.8 Å². The lowest BCUT2D eigenvalue weighted by Gasteiger charge is -2.35.